The molecule has 8 nitrogen and oxygen atoms in total. The summed E-state index contributed by atoms with van der Waals surface area (Å²) in [5.74, 6) is 1.36. The number of nitrogens with zero attached hydrogens (tertiary/aromatic N) is 2. The standard InChI is InChI=1S/C28H37N3O5/c1-18-14-23(26-24(15-18)35-17-19(2)36-26)25(28(32)33)31-12-10-22(16-31)34-13-4-3-7-21-9-8-20-6-5-11-29-27(20)30-21/h8-9,14-15,19,22,25H,3-7,10-13,16-17H2,1-2H3,(H,29,30)(H,32,33)/t19-,22+,25?/m0/s1. The number of aliphatic carboxylic acids is 1. The molecule has 0 bridgehead atoms. The highest BCUT2D eigenvalue weighted by molar-refractivity contribution is 5.78. The number of rotatable bonds is 9. The minimum absolute atomic E-state index is 0.0367. The molecule has 2 N–H and O–H groups in total. The number of hydrogen-bond donors (Lipinski definition) is 2. The first-order valence-electron chi connectivity index (χ1n) is 13.2. The summed E-state index contributed by atoms with van der Waals surface area (Å²) in [4.78, 5) is 19.2. The zero-order chi connectivity index (χ0) is 25.1. The predicted octanol–water partition coefficient (Wildman–Crippen LogP) is 4.15. The Labute approximate surface area is 213 Å². The number of hydrogen-bond acceptors (Lipinski definition) is 7. The fourth-order valence-electron chi connectivity index (χ4n) is 5.42. The van der Waals surface area contributed by atoms with E-state index in [1.165, 1.54) is 12.0 Å². The normalized spacial score (nSPS) is 22.1. The smallest absolute Gasteiger partial charge is 0.325 e. The molecule has 1 aromatic carbocycles. The molecule has 4 heterocycles. The molecule has 1 aromatic heterocycles. The fraction of sp³-hybridized carbons (Fsp3) is 0.571. The number of pyridine rings is 1. The number of carboxylic acids is 1. The topological polar surface area (TPSA) is 93.2 Å². The lowest BCUT2D eigenvalue weighted by atomic mass is 10.0. The summed E-state index contributed by atoms with van der Waals surface area (Å²) in [6.07, 6.45) is 5.94. The van der Waals surface area contributed by atoms with Gasteiger partial charge in [-0.3, -0.25) is 9.69 Å². The van der Waals surface area contributed by atoms with Crippen molar-refractivity contribution in [3.05, 3.63) is 46.6 Å². The summed E-state index contributed by atoms with van der Waals surface area (Å²) < 4.78 is 18.0. The van der Waals surface area contributed by atoms with Crippen LogP contribution in [0.1, 0.15) is 61.0 Å². The van der Waals surface area contributed by atoms with Crippen molar-refractivity contribution < 1.29 is 24.1 Å². The van der Waals surface area contributed by atoms with Gasteiger partial charge in [-0.25, -0.2) is 4.98 Å². The van der Waals surface area contributed by atoms with E-state index >= 15 is 0 Å². The van der Waals surface area contributed by atoms with E-state index in [0.717, 1.165) is 55.7 Å². The number of benzene rings is 1. The maximum Gasteiger partial charge on any atom is 0.325 e. The molecule has 8 heteroatoms. The molecule has 1 unspecified atom stereocenters. The van der Waals surface area contributed by atoms with Gasteiger partial charge >= 0.3 is 5.97 Å². The summed E-state index contributed by atoms with van der Waals surface area (Å²) in [7, 11) is 0. The quantitative estimate of drug-likeness (QED) is 0.502. The lowest BCUT2D eigenvalue weighted by molar-refractivity contribution is -0.143. The SMILES string of the molecule is Cc1cc2c(c(C(C(=O)O)N3CC[C@@H](OCCCCc4ccc5c(n4)NCCC5)C3)c1)O[C@@H](C)CO2. The van der Waals surface area contributed by atoms with E-state index in [9.17, 15) is 9.90 Å². The number of anilines is 1. The number of nitrogens with one attached hydrogen (secondary N) is 1. The van der Waals surface area contributed by atoms with Gasteiger partial charge in [0.1, 0.15) is 24.6 Å². The van der Waals surface area contributed by atoms with Gasteiger partial charge in [0.05, 0.1) is 6.10 Å². The van der Waals surface area contributed by atoms with Gasteiger partial charge < -0.3 is 24.6 Å². The third-order valence-corrected chi connectivity index (χ3v) is 7.22. The van der Waals surface area contributed by atoms with Gasteiger partial charge in [0.2, 0.25) is 0 Å². The van der Waals surface area contributed by atoms with Gasteiger partial charge in [-0.15, -0.1) is 0 Å². The Morgan fingerprint density at radius 2 is 2.22 bits per heavy atom. The largest absolute Gasteiger partial charge is 0.486 e. The van der Waals surface area contributed by atoms with Crippen molar-refractivity contribution in [2.24, 2.45) is 0 Å². The van der Waals surface area contributed by atoms with Crippen molar-refractivity contribution in [2.75, 3.05) is 38.2 Å². The second kappa shape index (κ2) is 11.0. The molecule has 0 amide bonds. The average Bonchev–Trinajstić information content (AvgIpc) is 3.32. The van der Waals surface area contributed by atoms with Crippen LogP contribution < -0.4 is 14.8 Å². The highest BCUT2D eigenvalue weighted by Gasteiger charge is 2.37. The van der Waals surface area contributed by atoms with Crippen LogP contribution in [0.4, 0.5) is 5.82 Å². The number of carbonyl (C=O) groups is 1. The Kier molecular flexibility index (Phi) is 7.62. The summed E-state index contributed by atoms with van der Waals surface area (Å²) in [5, 5.41) is 13.6. The zero-order valence-corrected chi connectivity index (χ0v) is 21.3. The molecular weight excluding hydrogens is 458 g/mol. The molecular formula is C28H37N3O5. The molecule has 194 valence electrons. The lowest BCUT2D eigenvalue weighted by Crippen LogP contribution is -2.35. The van der Waals surface area contributed by atoms with Gasteiger partial charge in [0.15, 0.2) is 11.5 Å². The van der Waals surface area contributed by atoms with Crippen LogP contribution >= 0.6 is 0 Å². The number of aromatic nitrogens is 1. The molecule has 0 aliphatic carbocycles. The first-order valence-corrected chi connectivity index (χ1v) is 13.2. The van der Waals surface area contributed by atoms with E-state index in [4.69, 9.17) is 19.2 Å². The molecule has 0 radical (unpaired) electrons. The molecule has 1 saturated heterocycles. The summed E-state index contributed by atoms with van der Waals surface area (Å²) in [5.41, 5.74) is 4.07. The highest BCUT2D eigenvalue weighted by atomic mass is 16.6. The van der Waals surface area contributed by atoms with Crippen molar-refractivity contribution >= 4 is 11.8 Å². The van der Waals surface area contributed by atoms with Crippen LogP contribution in [0.2, 0.25) is 0 Å². The van der Waals surface area contributed by atoms with Gasteiger partial charge in [-0.2, -0.15) is 0 Å². The van der Waals surface area contributed by atoms with E-state index in [2.05, 4.69) is 17.4 Å². The van der Waals surface area contributed by atoms with Crippen LogP contribution in [0.15, 0.2) is 24.3 Å². The summed E-state index contributed by atoms with van der Waals surface area (Å²) >= 11 is 0. The van der Waals surface area contributed by atoms with Crippen molar-refractivity contribution in [2.45, 2.75) is 70.6 Å². The minimum Gasteiger partial charge on any atom is -0.486 e. The Morgan fingerprint density at radius 3 is 3.08 bits per heavy atom. The third-order valence-electron chi connectivity index (χ3n) is 7.22. The van der Waals surface area contributed by atoms with Gasteiger partial charge in [-0.1, -0.05) is 6.07 Å². The molecule has 3 aliphatic heterocycles. The number of likely N-dealkylation sites (tertiary alicyclic amines) is 1. The van der Waals surface area contributed by atoms with Crippen molar-refractivity contribution in [3.8, 4) is 11.5 Å². The van der Waals surface area contributed by atoms with Crippen LogP contribution in [0.25, 0.3) is 0 Å². The molecule has 3 aliphatic rings. The maximum atomic E-state index is 12.4. The molecule has 36 heavy (non-hydrogen) atoms. The number of ether oxygens (including phenoxy) is 3. The monoisotopic (exact) mass is 495 g/mol. The van der Waals surface area contributed by atoms with E-state index in [-0.39, 0.29) is 12.2 Å². The first-order chi connectivity index (χ1) is 17.5. The van der Waals surface area contributed by atoms with Crippen LogP contribution in [-0.2, 0) is 22.4 Å². The predicted molar refractivity (Wildman–Crippen MR) is 137 cm³/mol. The Balaban J connectivity index is 1.13. The molecule has 2 aromatic rings. The highest BCUT2D eigenvalue weighted by Crippen LogP contribution is 2.42. The fourth-order valence-corrected chi connectivity index (χ4v) is 5.42. The summed E-state index contributed by atoms with van der Waals surface area (Å²) in [6, 6.07) is 7.39. The van der Waals surface area contributed by atoms with Gasteiger partial charge in [0, 0.05) is 37.5 Å². The van der Waals surface area contributed by atoms with E-state index < -0.39 is 12.0 Å². The Hall–Kier alpha value is -2.84. The van der Waals surface area contributed by atoms with Crippen molar-refractivity contribution in [3.63, 3.8) is 0 Å². The van der Waals surface area contributed by atoms with Crippen molar-refractivity contribution in [1.29, 1.82) is 0 Å². The average molecular weight is 496 g/mol. The second-order valence-electron chi connectivity index (χ2n) is 10.2. The Bertz CT molecular complexity index is 1090. The zero-order valence-electron chi connectivity index (χ0n) is 21.3. The number of carboxylic acid groups (broad SMARTS) is 1. The minimum atomic E-state index is -0.877. The number of unbranched alkanes of at least 4 members (excludes halogenated alkanes) is 1. The van der Waals surface area contributed by atoms with Gasteiger partial charge in [-0.05, 0) is 81.7 Å². The first kappa shape index (κ1) is 24.8. The molecule has 3 atom stereocenters. The van der Waals surface area contributed by atoms with Crippen LogP contribution in [0.3, 0.4) is 0 Å². The third kappa shape index (κ3) is 5.60. The molecule has 1 fully saturated rings. The van der Waals surface area contributed by atoms with Crippen LogP contribution in [0, 0.1) is 6.92 Å². The van der Waals surface area contributed by atoms with E-state index in [0.29, 0.717) is 43.4 Å². The van der Waals surface area contributed by atoms with Gasteiger partial charge in [0.25, 0.3) is 0 Å². The molecule has 5 rings (SSSR count). The second-order valence-corrected chi connectivity index (χ2v) is 10.2. The Morgan fingerprint density at radius 1 is 1.33 bits per heavy atom. The number of fused-ring (bicyclic) bond motifs is 2. The summed E-state index contributed by atoms with van der Waals surface area (Å²) in [6.45, 7) is 7.29. The van der Waals surface area contributed by atoms with Crippen LogP contribution in [-0.4, -0.2) is 66.0 Å². The maximum absolute atomic E-state index is 12.4. The van der Waals surface area contributed by atoms with E-state index in [1.807, 2.05) is 30.9 Å². The number of aryl methyl sites for hydroxylation is 3. The lowest BCUT2D eigenvalue weighted by Gasteiger charge is -2.31. The van der Waals surface area contributed by atoms with Crippen molar-refractivity contribution in [1.82, 2.24) is 9.88 Å². The van der Waals surface area contributed by atoms with E-state index in [1.54, 1.807) is 0 Å². The molecule has 0 spiro atoms. The van der Waals surface area contributed by atoms with Crippen LogP contribution in [0.5, 0.6) is 11.5 Å². The molecule has 0 saturated carbocycles.